The van der Waals surface area contributed by atoms with Crippen molar-refractivity contribution in [3.05, 3.63) is 0 Å². The molecule has 5 nitrogen and oxygen atoms in total. The highest BCUT2D eigenvalue weighted by Gasteiger charge is 2.41. The molecule has 0 unspecified atom stereocenters. The Labute approximate surface area is 118 Å². The monoisotopic (exact) mass is 284 g/mol. The maximum absolute atomic E-state index is 11.9. The predicted octanol–water partition coefficient (Wildman–Crippen LogP) is 1.74. The second-order valence-electron chi connectivity index (χ2n) is 4.87. The summed E-state index contributed by atoms with van der Waals surface area (Å²) < 4.78 is 0. The summed E-state index contributed by atoms with van der Waals surface area (Å²) in [5, 5.41) is 17.8. The third-order valence-electron chi connectivity index (χ3n) is 3.65. The summed E-state index contributed by atoms with van der Waals surface area (Å²) in [4.78, 5) is 25.0. The molecule has 1 aliphatic heterocycles. The molecule has 1 saturated heterocycles. The zero-order valence-electron chi connectivity index (χ0n) is 11.2. The number of likely N-dealkylation sites (tertiary alicyclic amines) is 1. The van der Waals surface area contributed by atoms with Crippen molar-refractivity contribution in [1.29, 1.82) is 5.26 Å². The molecule has 1 aliphatic rings. The molecule has 0 aromatic heterocycles. The fourth-order valence-electron chi connectivity index (χ4n) is 2.51. The molecule has 1 heterocycles. The smallest absolute Gasteiger partial charge is 0.309 e. The summed E-state index contributed by atoms with van der Waals surface area (Å²) in [6.07, 6.45) is 2.58. The summed E-state index contributed by atoms with van der Waals surface area (Å²) in [5.74, 6) is -0.105. The topological polar surface area (TPSA) is 81.4 Å². The lowest BCUT2D eigenvalue weighted by Gasteiger charge is -2.38. The van der Waals surface area contributed by atoms with Crippen LogP contribution in [0.1, 0.15) is 32.6 Å². The second kappa shape index (κ2) is 7.39. The normalized spacial score (nSPS) is 17.8. The maximum atomic E-state index is 11.9. The van der Waals surface area contributed by atoms with Gasteiger partial charge in [-0.2, -0.15) is 5.26 Å². The van der Waals surface area contributed by atoms with Gasteiger partial charge in [0.1, 0.15) is 0 Å². The first kappa shape index (κ1) is 15.8. The van der Waals surface area contributed by atoms with E-state index in [9.17, 15) is 14.7 Å². The lowest BCUT2D eigenvalue weighted by atomic mass is 9.75. The Morgan fingerprint density at radius 3 is 2.53 bits per heavy atom. The van der Waals surface area contributed by atoms with Gasteiger partial charge in [-0.05, 0) is 19.3 Å². The fourth-order valence-corrected chi connectivity index (χ4v) is 3.06. The standard InChI is InChI=1S/C13H20N2O3S/c1-2-3-13(12(17)18)4-7-15(8-5-13)11(16)10-19-9-6-14/h2-5,7-10H2,1H3,(H,17,18). The maximum Gasteiger partial charge on any atom is 0.309 e. The predicted molar refractivity (Wildman–Crippen MR) is 73.7 cm³/mol. The van der Waals surface area contributed by atoms with Crippen LogP contribution in [0.4, 0.5) is 0 Å². The number of aliphatic carboxylic acids is 1. The van der Waals surface area contributed by atoms with Crippen LogP contribution in [0.15, 0.2) is 0 Å². The van der Waals surface area contributed by atoms with Crippen LogP contribution in [0.25, 0.3) is 0 Å². The zero-order valence-corrected chi connectivity index (χ0v) is 12.0. The van der Waals surface area contributed by atoms with Gasteiger partial charge in [-0.15, -0.1) is 11.8 Å². The van der Waals surface area contributed by atoms with Crippen molar-refractivity contribution < 1.29 is 14.7 Å². The summed E-state index contributed by atoms with van der Waals surface area (Å²) in [5.41, 5.74) is -0.647. The number of rotatable bonds is 6. The van der Waals surface area contributed by atoms with Crippen molar-refractivity contribution in [2.75, 3.05) is 24.6 Å². The number of carboxylic acids is 1. The minimum absolute atomic E-state index is 0.00994. The van der Waals surface area contributed by atoms with E-state index in [2.05, 4.69) is 0 Å². The quantitative estimate of drug-likeness (QED) is 0.751. The fraction of sp³-hybridized carbons (Fsp3) is 0.769. The molecule has 0 aliphatic carbocycles. The summed E-state index contributed by atoms with van der Waals surface area (Å²) in [6.45, 7) is 3.01. The highest BCUT2D eigenvalue weighted by molar-refractivity contribution is 8.00. The number of amides is 1. The van der Waals surface area contributed by atoms with E-state index in [1.165, 1.54) is 11.8 Å². The van der Waals surface area contributed by atoms with Gasteiger partial charge in [0.2, 0.25) is 5.91 Å². The van der Waals surface area contributed by atoms with Gasteiger partial charge in [-0.1, -0.05) is 13.3 Å². The highest BCUT2D eigenvalue weighted by atomic mass is 32.2. The number of nitriles is 1. The van der Waals surface area contributed by atoms with Crippen LogP contribution in [0.2, 0.25) is 0 Å². The molecule has 0 aromatic rings. The number of carbonyl (C=O) groups excluding carboxylic acids is 1. The molecule has 0 atom stereocenters. The molecular weight excluding hydrogens is 264 g/mol. The van der Waals surface area contributed by atoms with Gasteiger partial charge in [-0.3, -0.25) is 9.59 Å². The van der Waals surface area contributed by atoms with E-state index in [1.54, 1.807) is 4.90 Å². The van der Waals surface area contributed by atoms with Crippen molar-refractivity contribution in [3.8, 4) is 6.07 Å². The number of nitrogens with zero attached hydrogens (tertiary/aromatic N) is 2. The highest BCUT2D eigenvalue weighted by Crippen LogP contribution is 2.36. The Morgan fingerprint density at radius 2 is 2.05 bits per heavy atom. The summed E-state index contributed by atoms with van der Waals surface area (Å²) in [7, 11) is 0. The van der Waals surface area contributed by atoms with Crippen LogP contribution in [0.3, 0.4) is 0 Å². The lowest BCUT2D eigenvalue weighted by Crippen LogP contribution is -2.47. The first-order valence-electron chi connectivity index (χ1n) is 6.51. The molecular formula is C13H20N2O3S. The largest absolute Gasteiger partial charge is 0.481 e. The van der Waals surface area contributed by atoms with Crippen LogP contribution < -0.4 is 0 Å². The molecule has 0 saturated carbocycles. The van der Waals surface area contributed by atoms with Crippen LogP contribution in [-0.2, 0) is 9.59 Å². The van der Waals surface area contributed by atoms with Gasteiger partial charge in [0.05, 0.1) is 23.0 Å². The molecule has 1 rings (SSSR count). The molecule has 1 amide bonds. The summed E-state index contributed by atoms with van der Waals surface area (Å²) >= 11 is 1.30. The number of hydrogen-bond donors (Lipinski definition) is 1. The van der Waals surface area contributed by atoms with Gasteiger partial charge in [0.15, 0.2) is 0 Å². The van der Waals surface area contributed by atoms with Gasteiger partial charge in [0, 0.05) is 13.1 Å². The van der Waals surface area contributed by atoms with E-state index in [4.69, 9.17) is 5.26 Å². The number of piperidine rings is 1. The Kier molecular flexibility index (Phi) is 6.16. The average Bonchev–Trinajstić information content (AvgIpc) is 2.40. The van der Waals surface area contributed by atoms with Crippen molar-refractivity contribution in [2.24, 2.45) is 5.41 Å². The van der Waals surface area contributed by atoms with E-state index in [1.807, 2.05) is 13.0 Å². The van der Waals surface area contributed by atoms with Gasteiger partial charge < -0.3 is 10.0 Å². The van der Waals surface area contributed by atoms with Crippen LogP contribution >= 0.6 is 11.8 Å². The van der Waals surface area contributed by atoms with Gasteiger partial charge in [0.25, 0.3) is 0 Å². The van der Waals surface area contributed by atoms with Crippen molar-refractivity contribution in [1.82, 2.24) is 4.90 Å². The Bertz CT molecular complexity index is 371. The molecule has 0 radical (unpaired) electrons. The minimum atomic E-state index is -0.736. The van der Waals surface area contributed by atoms with E-state index in [0.717, 1.165) is 6.42 Å². The van der Waals surface area contributed by atoms with E-state index < -0.39 is 11.4 Å². The minimum Gasteiger partial charge on any atom is -0.481 e. The first-order valence-corrected chi connectivity index (χ1v) is 7.67. The number of carbonyl (C=O) groups is 2. The lowest BCUT2D eigenvalue weighted by molar-refractivity contribution is -0.154. The zero-order chi connectivity index (χ0) is 14.3. The van der Waals surface area contributed by atoms with E-state index in [0.29, 0.717) is 43.9 Å². The van der Waals surface area contributed by atoms with Crippen LogP contribution in [0.5, 0.6) is 0 Å². The average molecular weight is 284 g/mol. The molecule has 0 aromatic carbocycles. The van der Waals surface area contributed by atoms with E-state index in [-0.39, 0.29) is 5.91 Å². The van der Waals surface area contributed by atoms with Crippen molar-refractivity contribution >= 4 is 23.6 Å². The third kappa shape index (κ3) is 4.13. The van der Waals surface area contributed by atoms with Crippen LogP contribution in [0, 0.1) is 16.7 Å². The van der Waals surface area contributed by atoms with E-state index >= 15 is 0 Å². The molecule has 1 fully saturated rings. The number of carboxylic acid groups (broad SMARTS) is 1. The Morgan fingerprint density at radius 1 is 1.42 bits per heavy atom. The molecule has 106 valence electrons. The molecule has 1 N–H and O–H groups in total. The van der Waals surface area contributed by atoms with Gasteiger partial charge in [-0.25, -0.2) is 0 Å². The van der Waals surface area contributed by atoms with Crippen molar-refractivity contribution in [3.63, 3.8) is 0 Å². The molecule has 0 bridgehead atoms. The first-order chi connectivity index (χ1) is 9.05. The number of hydrogen-bond acceptors (Lipinski definition) is 4. The Balaban J connectivity index is 2.49. The Hall–Kier alpha value is -1.22. The SMILES string of the molecule is CCCC1(C(=O)O)CCN(C(=O)CSCC#N)CC1. The van der Waals surface area contributed by atoms with Gasteiger partial charge >= 0.3 is 5.97 Å². The molecule has 6 heteroatoms. The second-order valence-corrected chi connectivity index (χ2v) is 5.85. The summed E-state index contributed by atoms with van der Waals surface area (Å²) in [6, 6.07) is 1.99. The van der Waals surface area contributed by atoms with Crippen LogP contribution in [-0.4, -0.2) is 46.5 Å². The molecule has 0 spiro atoms. The molecule has 19 heavy (non-hydrogen) atoms. The van der Waals surface area contributed by atoms with Crippen molar-refractivity contribution in [2.45, 2.75) is 32.6 Å². The third-order valence-corrected chi connectivity index (χ3v) is 4.43. The number of thioether (sulfide) groups is 1.